The lowest BCUT2D eigenvalue weighted by Gasteiger charge is -2.45. The Morgan fingerprint density at radius 3 is 2.47 bits per heavy atom. The first-order valence-corrected chi connectivity index (χ1v) is 6.66. The van der Waals surface area contributed by atoms with Crippen molar-refractivity contribution in [2.45, 2.75) is 18.9 Å². The van der Waals surface area contributed by atoms with Crippen molar-refractivity contribution in [3.63, 3.8) is 0 Å². The lowest BCUT2D eigenvalue weighted by molar-refractivity contribution is -0.191. The highest BCUT2D eigenvalue weighted by molar-refractivity contribution is 5.20. The molecule has 1 fully saturated rings. The molecule has 2 bridgehead atoms. The minimum atomic E-state index is 0.250. The van der Waals surface area contributed by atoms with Crippen molar-refractivity contribution in [1.82, 2.24) is 4.90 Å². The summed E-state index contributed by atoms with van der Waals surface area (Å²) in [5.74, 6) is 1.61. The highest BCUT2D eigenvalue weighted by Gasteiger charge is 2.35. The number of benzene rings is 1. The van der Waals surface area contributed by atoms with Crippen LogP contribution in [0.4, 0.5) is 0 Å². The van der Waals surface area contributed by atoms with Crippen molar-refractivity contribution < 1.29 is 9.59 Å². The van der Waals surface area contributed by atoms with E-state index in [9.17, 15) is 0 Å². The van der Waals surface area contributed by atoms with Gasteiger partial charge in [-0.1, -0.05) is 42.5 Å². The van der Waals surface area contributed by atoms with Crippen LogP contribution in [0.25, 0.3) is 0 Å². The molecular weight excluding hydrogens is 238 g/mol. The van der Waals surface area contributed by atoms with Crippen LogP contribution < -0.4 is 0 Å². The van der Waals surface area contributed by atoms with Crippen LogP contribution in [-0.4, -0.2) is 30.7 Å². The number of piperidine rings is 1. The first-order valence-electron chi connectivity index (χ1n) is 6.66. The Labute approximate surface area is 113 Å². The summed E-state index contributed by atoms with van der Waals surface area (Å²) >= 11 is 0. The molecule has 2 aliphatic heterocycles. The highest BCUT2D eigenvalue weighted by atomic mass is 16.2. The van der Waals surface area contributed by atoms with Gasteiger partial charge in [-0.3, -0.25) is 4.90 Å². The van der Waals surface area contributed by atoms with E-state index in [1.807, 2.05) is 0 Å². The molecule has 0 saturated carbocycles. The molecule has 3 atom stereocenters. The van der Waals surface area contributed by atoms with Crippen LogP contribution in [-0.2, 0) is 16.0 Å². The van der Waals surface area contributed by atoms with Gasteiger partial charge in [0.05, 0.1) is 0 Å². The summed E-state index contributed by atoms with van der Waals surface area (Å²) < 4.78 is 0. The predicted molar refractivity (Wildman–Crippen MR) is 72.3 cm³/mol. The molecule has 2 heterocycles. The van der Waals surface area contributed by atoms with Crippen molar-refractivity contribution in [2.75, 3.05) is 13.6 Å². The molecule has 100 valence electrons. The van der Waals surface area contributed by atoms with E-state index in [1.165, 1.54) is 24.9 Å². The molecule has 0 spiro atoms. The largest absolute Gasteiger partial charge is 0.373 e. The average molecular weight is 257 g/mol. The van der Waals surface area contributed by atoms with Gasteiger partial charge in [-0.05, 0) is 37.3 Å². The normalized spacial score (nSPS) is 28.4. The molecule has 3 heteroatoms. The second-order valence-electron chi connectivity index (χ2n) is 5.34. The molecule has 1 aromatic carbocycles. The van der Waals surface area contributed by atoms with E-state index in [1.54, 1.807) is 0 Å². The van der Waals surface area contributed by atoms with Crippen LogP contribution in [0, 0.1) is 11.8 Å². The summed E-state index contributed by atoms with van der Waals surface area (Å²) in [6, 6.07) is 11.6. The maximum absolute atomic E-state index is 8.12. The zero-order chi connectivity index (χ0) is 13.7. The molecule has 0 N–H and O–H groups in total. The quantitative estimate of drug-likeness (QED) is 0.762. The molecular formula is C16H19NO2. The minimum absolute atomic E-state index is 0.250. The number of carbonyl (C=O) groups excluding carboxylic acids is 2. The van der Waals surface area contributed by atoms with Crippen molar-refractivity contribution in [1.29, 1.82) is 0 Å². The third-order valence-electron chi connectivity index (χ3n) is 4.04. The Balaban J connectivity index is 0.000000408. The molecule has 0 aromatic heterocycles. The maximum atomic E-state index is 8.12. The van der Waals surface area contributed by atoms with Gasteiger partial charge in [0.15, 0.2) is 0 Å². The SMILES string of the molecule is CN1CC2C=CC1C(Cc1ccccc1)C2.O=C=O. The van der Waals surface area contributed by atoms with E-state index in [4.69, 9.17) is 9.59 Å². The van der Waals surface area contributed by atoms with E-state index in [0.717, 1.165) is 11.8 Å². The molecule has 19 heavy (non-hydrogen) atoms. The van der Waals surface area contributed by atoms with Gasteiger partial charge >= 0.3 is 6.15 Å². The fraction of sp³-hybridized carbons (Fsp3) is 0.438. The van der Waals surface area contributed by atoms with Gasteiger partial charge < -0.3 is 0 Å². The molecule has 1 aliphatic carbocycles. The zero-order valence-corrected chi connectivity index (χ0v) is 11.2. The van der Waals surface area contributed by atoms with Gasteiger partial charge in [-0.25, -0.2) is 0 Å². The maximum Gasteiger partial charge on any atom is 0.373 e. The number of fused-ring (bicyclic) bond motifs is 2. The van der Waals surface area contributed by atoms with Gasteiger partial charge in [-0.2, -0.15) is 9.59 Å². The van der Waals surface area contributed by atoms with Gasteiger partial charge in [-0.15, -0.1) is 0 Å². The van der Waals surface area contributed by atoms with Crippen molar-refractivity contribution >= 4 is 6.15 Å². The average Bonchev–Trinajstić information content (AvgIpc) is 2.41. The Morgan fingerprint density at radius 2 is 1.89 bits per heavy atom. The summed E-state index contributed by atoms with van der Waals surface area (Å²) in [7, 11) is 2.26. The van der Waals surface area contributed by atoms with Gasteiger partial charge in [0.2, 0.25) is 0 Å². The summed E-state index contributed by atoms with van der Waals surface area (Å²) in [6.07, 6.45) is 7.70. The number of likely N-dealkylation sites (N-methyl/N-ethyl adjacent to an activating group) is 1. The molecule has 0 radical (unpaired) electrons. The van der Waals surface area contributed by atoms with Crippen LogP contribution in [0.1, 0.15) is 12.0 Å². The summed E-state index contributed by atoms with van der Waals surface area (Å²) in [6.45, 7) is 1.26. The molecule has 3 nitrogen and oxygen atoms in total. The Bertz CT molecular complexity index is 463. The summed E-state index contributed by atoms with van der Waals surface area (Å²) in [5.41, 5.74) is 1.49. The molecule has 4 rings (SSSR count). The van der Waals surface area contributed by atoms with Crippen LogP contribution in [0.3, 0.4) is 0 Å². The third kappa shape index (κ3) is 3.40. The van der Waals surface area contributed by atoms with Crippen LogP contribution in [0.2, 0.25) is 0 Å². The summed E-state index contributed by atoms with van der Waals surface area (Å²) in [4.78, 5) is 18.8. The Kier molecular flexibility index (Phi) is 4.67. The molecule has 3 unspecified atom stereocenters. The van der Waals surface area contributed by atoms with Gasteiger partial charge in [0, 0.05) is 12.6 Å². The highest BCUT2D eigenvalue weighted by Crippen LogP contribution is 2.35. The predicted octanol–water partition coefficient (Wildman–Crippen LogP) is 2.15. The Morgan fingerprint density at radius 1 is 1.21 bits per heavy atom. The first-order chi connectivity index (χ1) is 9.24. The molecule has 1 aromatic rings. The van der Waals surface area contributed by atoms with E-state index in [2.05, 4.69) is 54.4 Å². The second kappa shape index (κ2) is 6.46. The van der Waals surface area contributed by atoms with Gasteiger partial charge in [0.25, 0.3) is 0 Å². The zero-order valence-electron chi connectivity index (χ0n) is 11.2. The van der Waals surface area contributed by atoms with Crippen molar-refractivity contribution in [3.05, 3.63) is 48.0 Å². The van der Waals surface area contributed by atoms with Crippen LogP contribution >= 0.6 is 0 Å². The lowest BCUT2D eigenvalue weighted by Crippen LogP contribution is -2.48. The summed E-state index contributed by atoms with van der Waals surface area (Å²) in [5, 5.41) is 0. The monoisotopic (exact) mass is 257 g/mol. The number of hydrogen-bond donors (Lipinski definition) is 0. The molecule has 0 amide bonds. The second-order valence-corrected chi connectivity index (χ2v) is 5.34. The third-order valence-corrected chi connectivity index (χ3v) is 4.04. The number of nitrogens with zero attached hydrogens (tertiary/aromatic N) is 1. The molecule has 3 aliphatic rings. The number of hydrogen-bond acceptors (Lipinski definition) is 3. The van der Waals surface area contributed by atoms with Crippen molar-refractivity contribution in [2.24, 2.45) is 11.8 Å². The lowest BCUT2D eigenvalue weighted by atomic mass is 9.75. The topological polar surface area (TPSA) is 37.4 Å². The van der Waals surface area contributed by atoms with E-state index >= 15 is 0 Å². The van der Waals surface area contributed by atoms with Gasteiger partial charge in [0.1, 0.15) is 0 Å². The van der Waals surface area contributed by atoms with Crippen LogP contribution in [0.5, 0.6) is 0 Å². The first kappa shape index (κ1) is 13.7. The van der Waals surface area contributed by atoms with Crippen LogP contribution in [0.15, 0.2) is 42.5 Å². The molecule has 1 saturated heterocycles. The van der Waals surface area contributed by atoms with Crippen molar-refractivity contribution in [3.8, 4) is 0 Å². The number of rotatable bonds is 2. The fourth-order valence-corrected chi connectivity index (χ4v) is 3.29. The standard InChI is InChI=1S/C15H19N.CO2/c1-16-11-13-7-8-15(16)14(10-13)9-12-5-3-2-4-6-12;2-1-3/h2-8,13-15H,9-11H2,1H3;. The minimum Gasteiger partial charge on any atom is -0.299 e. The van der Waals surface area contributed by atoms with E-state index in [0.29, 0.717) is 6.04 Å². The van der Waals surface area contributed by atoms with E-state index in [-0.39, 0.29) is 6.15 Å². The Hall–Kier alpha value is -1.70. The smallest absolute Gasteiger partial charge is 0.299 e. The fourth-order valence-electron chi connectivity index (χ4n) is 3.29. The van der Waals surface area contributed by atoms with E-state index < -0.39 is 0 Å².